The molecule has 7 heteroatoms. The molecular weight excluding hydrogens is 332 g/mol. The Morgan fingerprint density at radius 1 is 1.27 bits per heavy atom. The van der Waals surface area contributed by atoms with Crippen LogP contribution in [-0.4, -0.2) is 48.2 Å². The van der Waals surface area contributed by atoms with E-state index in [-0.39, 0.29) is 18.7 Å². The fraction of sp³-hybridized carbons (Fsp3) is 0.421. The summed E-state index contributed by atoms with van der Waals surface area (Å²) in [5.74, 6) is 2.34. The zero-order valence-corrected chi connectivity index (χ0v) is 15.0. The van der Waals surface area contributed by atoms with E-state index in [1.807, 2.05) is 42.1 Å². The quantitative estimate of drug-likeness (QED) is 0.838. The van der Waals surface area contributed by atoms with Gasteiger partial charge in [0.1, 0.15) is 5.82 Å². The Morgan fingerprint density at radius 2 is 2.12 bits per heavy atom. The van der Waals surface area contributed by atoms with Crippen LogP contribution in [0.15, 0.2) is 30.6 Å². The minimum Gasteiger partial charge on any atom is -0.454 e. The summed E-state index contributed by atoms with van der Waals surface area (Å²) in [6.07, 6.45) is 5.73. The molecule has 1 aromatic carbocycles. The van der Waals surface area contributed by atoms with E-state index in [0.29, 0.717) is 12.2 Å². The zero-order valence-electron chi connectivity index (χ0n) is 15.0. The monoisotopic (exact) mass is 354 g/mol. The third kappa shape index (κ3) is 3.16. The number of ether oxygens (including phenoxy) is 2. The van der Waals surface area contributed by atoms with Crippen LogP contribution in [0.2, 0.25) is 0 Å². The normalized spacial score (nSPS) is 18.2. The molecule has 0 N–H and O–H groups in total. The van der Waals surface area contributed by atoms with Crippen LogP contribution < -0.4 is 14.4 Å². The zero-order chi connectivity index (χ0) is 18.1. The lowest BCUT2D eigenvalue weighted by Crippen LogP contribution is -2.32. The highest BCUT2D eigenvalue weighted by atomic mass is 16.7. The number of rotatable bonds is 4. The van der Waals surface area contributed by atoms with E-state index < -0.39 is 0 Å². The number of hydrogen-bond acceptors (Lipinski definition) is 6. The highest BCUT2D eigenvalue weighted by molar-refractivity contribution is 5.79. The fourth-order valence-corrected chi connectivity index (χ4v) is 3.45. The van der Waals surface area contributed by atoms with Crippen molar-refractivity contribution in [1.29, 1.82) is 0 Å². The molecule has 0 unspecified atom stereocenters. The Kier molecular flexibility index (Phi) is 4.36. The molecule has 1 saturated heterocycles. The number of anilines is 1. The molecule has 0 saturated carbocycles. The summed E-state index contributed by atoms with van der Waals surface area (Å²) in [6, 6.07) is 5.66. The molecule has 2 aliphatic heterocycles. The standard InChI is InChI=1S/C19H22N4O3/c1-22(2)18-11-20-10-14(21-18)15-4-3-7-23(15)19(24)9-13-5-6-16-17(8-13)26-12-25-16/h5-6,8,10-11,15H,3-4,7,9,12H2,1-2H3/t15-/m1/s1. The SMILES string of the molecule is CN(C)c1cncc([C@H]2CCCN2C(=O)Cc2ccc3c(c2)OCO3)n1. The van der Waals surface area contributed by atoms with Gasteiger partial charge in [0.2, 0.25) is 12.7 Å². The first kappa shape index (κ1) is 16.6. The average molecular weight is 354 g/mol. The van der Waals surface area contributed by atoms with Gasteiger partial charge in [0.25, 0.3) is 0 Å². The van der Waals surface area contributed by atoms with E-state index in [1.165, 1.54) is 0 Å². The summed E-state index contributed by atoms with van der Waals surface area (Å²) in [5, 5.41) is 0. The van der Waals surface area contributed by atoms with Crippen molar-refractivity contribution < 1.29 is 14.3 Å². The lowest BCUT2D eigenvalue weighted by molar-refractivity contribution is -0.131. The van der Waals surface area contributed by atoms with Crippen LogP contribution in [0.3, 0.4) is 0 Å². The highest BCUT2D eigenvalue weighted by Gasteiger charge is 2.31. The largest absolute Gasteiger partial charge is 0.454 e. The van der Waals surface area contributed by atoms with Gasteiger partial charge in [0, 0.05) is 20.6 Å². The van der Waals surface area contributed by atoms with Gasteiger partial charge in [-0.15, -0.1) is 0 Å². The molecule has 2 aromatic rings. The van der Waals surface area contributed by atoms with Crippen LogP contribution in [0.1, 0.15) is 30.1 Å². The van der Waals surface area contributed by atoms with E-state index in [9.17, 15) is 4.79 Å². The van der Waals surface area contributed by atoms with E-state index in [0.717, 1.165) is 42.2 Å². The van der Waals surface area contributed by atoms with Crippen LogP contribution >= 0.6 is 0 Å². The van der Waals surface area contributed by atoms with Gasteiger partial charge in [-0.3, -0.25) is 9.78 Å². The molecule has 2 aliphatic rings. The summed E-state index contributed by atoms with van der Waals surface area (Å²) in [5.41, 5.74) is 1.78. The van der Waals surface area contributed by atoms with Crippen molar-refractivity contribution in [3.63, 3.8) is 0 Å². The third-order valence-electron chi connectivity index (χ3n) is 4.81. The molecule has 26 heavy (non-hydrogen) atoms. The number of likely N-dealkylation sites (tertiary alicyclic amines) is 1. The first-order valence-electron chi connectivity index (χ1n) is 8.79. The number of carbonyl (C=O) groups excluding carboxylic acids is 1. The summed E-state index contributed by atoms with van der Waals surface area (Å²) >= 11 is 0. The molecule has 3 heterocycles. The maximum Gasteiger partial charge on any atom is 0.231 e. The Labute approximate surface area is 152 Å². The molecule has 4 rings (SSSR count). The number of benzene rings is 1. The van der Waals surface area contributed by atoms with Crippen LogP contribution in [0, 0.1) is 0 Å². The van der Waals surface area contributed by atoms with Crippen molar-refractivity contribution in [1.82, 2.24) is 14.9 Å². The second-order valence-corrected chi connectivity index (χ2v) is 6.81. The molecule has 7 nitrogen and oxygen atoms in total. The summed E-state index contributed by atoms with van der Waals surface area (Å²) in [7, 11) is 3.87. The van der Waals surface area contributed by atoms with E-state index >= 15 is 0 Å². The van der Waals surface area contributed by atoms with Crippen molar-refractivity contribution in [2.24, 2.45) is 0 Å². The van der Waals surface area contributed by atoms with Crippen molar-refractivity contribution >= 4 is 11.7 Å². The lowest BCUT2D eigenvalue weighted by atomic mass is 10.1. The van der Waals surface area contributed by atoms with Gasteiger partial charge in [0.05, 0.1) is 30.6 Å². The molecule has 1 atom stereocenters. The molecular formula is C19H22N4O3. The number of hydrogen-bond donors (Lipinski definition) is 0. The maximum atomic E-state index is 12.9. The molecule has 1 aromatic heterocycles. The van der Waals surface area contributed by atoms with Crippen molar-refractivity contribution in [3.8, 4) is 11.5 Å². The number of carbonyl (C=O) groups is 1. The first-order valence-corrected chi connectivity index (χ1v) is 8.79. The van der Waals surface area contributed by atoms with Gasteiger partial charge in [0.15, 0.2) is 11.5 Å². The predicted molar refractivity (Wildman–Crippen MR) is 96.3 cm³/mol. The minimum absolute atomic E-state index is 0.0103. The fourth-order valence-electron chi connectivity index (χ4n) is 3.45. The number of fused-ring (bicyclic) bond motifs is 1. The van der Waals surface area contributed by atoms with Crippen LogP contribution in [-0.2, 0) is 11.2 Å². The number of aromatic nitrogens is 2. The van der Waals surface area contributed by atoms with Gasteiger partial charge in [-0.25, -0.2) is 4.98 Å². The Hall–Kier alpha value is -2.83. The Bertz CT molecular complexity index is 824. The maximum absolute atomic E-state index is 12.9. The number of nitrogens with zero attached hydrogens (tertiary/aromatic N) is 4. The summed E-state index contributed by atoms with van der Waals surface area (Å²) in [6.45, 7) is 0.990. The van der Waals surface area contributed by atoms with Crippen LogP contribution in [0.5, 0.6) is 11.5 Å². The van der Waals surface area contributed by atoms with Crippen molar-refractivity contribution in [2.75, 3.05) is 32.3 Å². The van der Waals surface area contributed by atoms with E-state index in [4.69, 9.17) is 9.47 Å². The van der Waals surface area contributed by atoms with Gasteiger partial charge in [-0.1, -0.05) is 6.07 Å². The second kappa shape index (κ2) is 6.82. The Morgan fingerprint density at radius 3 is 2.96 bits per heavy atom. The molecule has 136 valence electrons. The second-order valence-electron chi connectivity index (χ2n) is 6.81. The minimum atomic E-state index is -0.0103. The Balaban J connectivity index is 1.51. The first-order chi connectivity index (χ1) is 12.6. The smallest absolute Gasteiger partial charge is 0.231 e. The molecule has 1 fully saturated rings. The summed E-state index contributed by atoms with van der Waals surface area (Å²) < 4.78 is 10.7. The molecule has 0 aliphatic carbocycles. The van der Waals surface area contributed by atoms with Gasteiger partial charge in [-0.05, 0) is 30.5 Å². The van der Waals surface area contributed by atoms with Crippen molar-refractivity contribution in [2.45, 2.75) is 25.3 Å². The molecule has 0 bridgehead atoms. The topological polar surface area (TPSA) is 67.8 Å². The van der Waals surface area contributed by atoms with Crippen LogP contribution in [0.4, 0.5) is 5.82 Å². The predicted octanol–water partition coefficient (Wildman–Crippen LogP) is 2.18. The molecule has 1 amide bonds. The highest BCUT2D eigenvalue weighted by Crippen LogP contribution is 2.34. The average Bonchev–Trinajstić information content (AvgIpc) is 3.30. The van der Waals surface area contributed by atoms with Gasteiger partial charge < -0.3 is 19.3 Å². The third-order valence-corrected chi connectivity index (χ3v) is 4.81. The van der Waals surface area contributed by atoms with E-state index in [1.54, 1.807) is 12.4 Å². The molecule has 0 spiro atoms. The van der Waals surface area contributed by atoms with Crippen LogP contribution in [0.25, 0.3) is 0 Å². The summed E-state index contributed by atoms with van der Waals surface area (Å²) in [4.78, 5) is 25.7. The van der Waals surface area contributed by atoms with Gasteiger partial charge >= 0.3 is 0 Å². The van der Waals surface area contributed by atoms with E-state index in [2.05, 4.69) is 9.97 Å². The molecule has 0 radical (unpaired) electrons. The van der Waals surface area contributed by atoms with Crippen molar-refractivity contribution in [3.05, 3.63) is 41.9 Å². The van der Waals surface area contributed by atoms with Gasteiger partial charge in [-0.2, -0.15) is 0 Å². The number of amides is 1. The lowest BCUT2D eigenvalue weighted by Gasteiger charge is -2.25.